The topological polar surface area (TPSA) is 75.7 Å². The van der Waals surface area contributed by atoms with E-state index in [1.165, 1.54) is 6.07 Å². The monoisotopic (exact) mass is 402 g/mol. The number of aryl methyl sites for hydroxylation is 1. The molecule has 6 nitrogen and oxygen atoms in total. The molecule has 0 aliphatic carbocycles. The third-order valence-electron chi connectivity index (χ3n) is 4.97. The number of anilines is 1. The minimum atomic E-state index is -3.73. The van der Waals surface area contributed by atoms with E-state index in [4.69, 9.17) is 4.74 Å². The van der Waals surface area contributed by atoms with Crippen molar-refractivity contribution in [1.29, 1.82) is 0 Å². The second kappa shape index (κ2) is 8.65. The summed E-state index contributed by atoms with van der Waals surface area (Å²) < 4.78 is 33.2. The molecule has 2 aromatic rings. The maximum Gasteiger partial charge on any atom is 0.261 e. The Balaban J connectivity index is 1.75. The Hall–Kier alpha value is -2.54. The van der Waals surface area contributed by atoms with Crippen LogP contribution in [0.25, 0.3) is 0 Å². The molecule has 2 aromatic carbocycles. The Bertz CT molecular complexity index is 933. The number of methoxy groups -OCH3 is 1. The molecule has 1 amide bonds. The number of benzene rings is 2. The predicted octanol–water partition coefficient (Wildman–Crippen LogP) is 3.68. The first kappa shape index (κ1) is 20.2. The van der Waals surface area contributed by atoms with Crippen molar-refractivity contribution in [2.24, 2.45) is 0 Å². The van der Waals surface area contributed by atoms with Gasteiger partial charge in [0.25, 0.3) is 15.9 Å². The SMILES string of the molecule is CCc1cc(S(=O)(=O)Nc2ccc(C(=O)N3CCCCC3)cc2)ccc1OC. The molecule has 0 aromatic heterocycles. The molecule has 0 saturated carbocycles. The van der Waals surface area contributed by atoms with Gasteiger partial charge in [-0.05, 0) is 73.7 Å². The molecule has 0 unspecified atom stereocenters. The molecule has 1 fully saturated rings. The van der Waals surface area contributed by atoms with Crippen LogP contribution in [-0.2, 0) is 16.4 Å². The number of hydrogen-bond acceptors (Lipinski definition) is 4. The zero-order valence-electron chi connectivity index (χ0n) is 16.3. The molecule has 1 aliphatic rings. The third kappa shape index (κ3) is 4.47. The van der Waals surface area contributed by atoms with Crippen LogP contribution in [0.1, 0.15) is 42.1 Å². The fraction of sp³-hybridized carbons (Fsp3) is 0.381. The molecule has 0 radical (unpaired) electrons. The van der Waals surface area contributed by atoms with Gasteiger partial charge in [-0.25, -0.2) is 8.42 Å². The van der Waals surface area contributed by atoms with Gasteiger partial charge in [-0.3, -0.25) is 9.52 Å². The van der Waals surface area contributed by atoms with Gasteiger partial charge in [0.15, 0.2) is 0 Å². The average molecular weight is 403 g/mol. The van der Waals surface area contributed by atoms with Crippen LogP contribution in [0.5, 0.6) is 5.75 Å². The summed E-state index contributed by atoms with van der Waals surface area (Å²) in [4.78, 5) is 14.6. The Morgan fingerprint density at radius 3 is 2.36 bits per heavy atom. The largest absolute Gasteiger partial charge is 0.496 e. The summed E-state index contributed by atoms with van der Waals surface area (Å²) in [7, 11) is -2.16. The minimum Gasteiger partial charge on any atom is -0.496 e. The van der Waals surface area contributed by atoms with E-state index in [9.17, 15) is 13.2 Å². The van der Waals surface area contributed by atoms with Crippen LogP contribution in [0.3, 0.4) is 0 Å². The maximum atomic E-state index is 12.7. The van der Waals surface area contributed by atoms with Crippen molar-refractivity contribution in [3.8, 4) is 5.75 Å². The van der Waals surface area contributed by atoms with E-state index >= 15 is 0 Å². The highest BCUT2D eigenvalue weighted by Crippen LogP contribution is 2.25. The highest BCUT2D eigenvalue weighted by molar-refractivity contribution is 7.92. The zero-order chi connectivity index (χ0) is 20.1. The van der Waals surface area contributed by atoms with Gasteiger partial charge in [-0.1, -0.05) is 6.92 Å². The lowest BCUT2D eigenvalue weighted by Crippen LogP contribution is -2.35. The summed E-state index contributed by atoms with van der Waals surface area (Å²) >= 11 is 0. The van der Waals surface area contributed by atoms with E-state index in [2.05, 4.69) is 4.72 Å². The summed E-state index contributed by atoms with van der Waals surface area (Å²) in [5, 5.41) is 0. The Kier molecular flexibility index (Phi) is 6.24. The van der Waals surface area contributed by atoms with Gasteiger partial charge in [0.05, 0.1) is 12.0 Å². The summed E-state index contributed by atoms with van der Waals surface area (Å²) in [6.07, 6.45) is 3.89. The number of nitrogens with one attached hydrogen (secondary N) is 1. The molecule has 150 valence electrons. The number of carbonyl (C=O) groups is 1. The van der Waals surface area contributed by atoms with Gasteiger partial charge in [-0.2, -0.15) is 0 Å². The van der Waals surface area contributed by atoms with E-state index in [1.54, 1.807) is 43.5 Å². The van der Waals surface area contributed by atoms with Crippen molar-refractivity contribution in [1.82, 2.24) is 4.90 Å². The van der Waals surface area contributed by atoms with Gasteiger partial charge in [-0.15, -0.1) is 0 Å². The Morgan fingerprint density at radius 1 is 1.07 bits per heavy atom. The third-order valence-corrected chi connectivity index (χ3v) is 6.35. The molecule has 0 bridgehead atoms. The summed E-state index contributed by atoms with van der Waals surface area (Å²) in [5.74, 6) is 0.666. The second-order valence-electron chi connectivity index (χ2n) is 6.86. The van der Waals surface area contributed by atoms with Crippen LogP contribution in [0.2, 0.25) is 0 Å². The van der Waals surface area contributed by atoms with Gasteiger partial charge >= 0.3 is 0 Å². The number of sulfonamides is 1. The van der Waals surface area contributed by atoms with Crippen LogP contribution >= 0.6 is 0 Å². The van der Waals surface area contributed by atoms with Crippen LogP contribution in [0.15, 0.2) is 47.4 Å². The first-order chi connectivity index (χ1) is 13.4. The van der Waals surface area contributed by atoms with E-state index in [0.29, 0.717) is 23.4 Å². The maximum absolute atomic E-state index is 12.7. The fourth-order valence-corrected chi connectivity index (χ4v) is 4.48. The molecule has 0 spiro atoms. The first-order valence-electron chi connectivity index (χ1n) is 9.53. The van der Waals surface area contributed by atoms with Crippen LogP contribution in [0, 0.1) is 0 Å². The number of hydrogen-bond donors (Lipinski definition) is 1. The number of carbonyl (C=O) groups excluding carboxylic acids is 1. The normalized spacial score (nSPS) is 14.6. The first-order valence-corrected chi connectivity index (χ1v) is 11.0. The quantitative estimate of drug-likeness (QED) is 0.800. The average Bonchev–Trinajstić information content (AvgIpc) is 2.73. The molecule has 28 heavy (non-hydrogen) atoms. The van der Waals surface area contributed by atoms with E-state index < -0.39 is 10.0 Å². The second-order valence-corrected chi connectivity index (χ2v) is 8.55. The fourth-order valence-electron chi connectivity index (χ4n) is 3.37. The number of ether oxygens (including phenoxy) is 1. The summed E-state index contributed by atoms with van der Waals surface area (Å²) in [5.41, 5.74) is 1.82. The molecule has 1 aliphatic heterocycles. The van der Waals surface area contributed by atoms with Crippen LogP contribution in [-0.4, -0.2) is 39.4 Å². The minimum absolute atomic E-state index is 0.00292. The summed E-state index contributed by atoms with van der Waals surface area (Å²) in [6.45, 7) is 3.51. The highest BCUT2D eigenvalue weighted by atomic mass is 32.2. The van der Waals surface area contributed by atoms with Gasteiger partial charge in [0.1, 0.15) is 5.75 Å². The Morgan fingerprint density at radius 2 is 1.75 bits per heavy atom. The van der Waals surface area contributed by atoms with Crippen LogP contribution < -0.4 is 9.46 Å². The molecule has 3 rings (SSSR count). The molecule has 0 atom stereocenters. The molecular weight excluding hydrogens is 376 g/mol. The highest BCUT2D eigenvalue weighted by Gasteiger charge is 2.19. The van der Waals surface area contributed by atoms with Crippen molar-refractivity contribution >= 4 is 21.6 Å². The number of likely N-dealkylation sites (tertiary alicyclic amines) is 1. The summed E-state index contributed by atoms with van der Waals surface area (Å²) in [6, 6.07) is 11.4. The van der Waals surface area contributed by atoms with Crippen molar-refractivity contribution < 1.29 is 17.9 Å². The lowest BCUT2D eigenvalue weighted by atomic mass is 10.1. The lowest BCUT2D eigenvalue weighted by molar-refractivity contribution is 0.0724. The van der Waals surface area contributed by atoms with Crippen molar-refractivity contribution in [3.05, 3.63) is 53.6 Å². The lowest BCUT2D eigenvalue weighted by Gasteiger charge is -2.26. The van der Waals surface area contributed by atoms with Crippen LogP contribution in [0.4, 0.5) is 5.69 Å². The number of rotatable bonds is 6. The molecule has 7 heteroatoms. The molecule has 1 saturated heterocycles. The van der Waals surface area contributed by atoms with Crippen molar-refractivity contribution in [2.75, 3.05) is 24.9 Å². The van der Waals surface area contributed by atoms with Crippen molar-refractivity contribution in [3.63, 3.8) is 0 Å². The molecule has 1 heterocycles. The number of piperidine rings is 1. The van der Waals surface area contributed by atoms with Crippen molar-refractivity contribution in [2.45, 2.75) is 37.5 Å². The number of amides is 1. The Labute approximate surface area is 166 Å². The van der Waals surface area contributed by atoms with E-state index in [0.717, 1.165) is 37.9 Å². The molecular formula is C21H26N2O4S. The molecule has 1 N–H and O–H groups in total. The van der Waals surface area contributed by atoms with Gasteiger partial charge in [0.2, 0.25) is 0 Å². The number of nitrogens with zero attached hydrogens (tertiary/aromatic N) is 1. The van der Waals surface area contributed by atoms with E-state index in [-0.39, 0.29) is 10.8 Å². The van der Waals surface area contributed by atoms with Gasteiger partial charge < -0.3 is 9.64 Å². The van der Waals surface area contributed by atoms with Gasteiger partial charge in [0, 0.05) is 24.3 Å². The predicted molar refractivity (Wildman–Crippen MR) is 109 cm³/mol. The van der Waals surface area contributed by atoms with E-state index in [1.807, 2.05) is 11.8 Å². The zero-order valence-corrected chi connectivity index (χ0v) is 17.1. The smallest absolute Gasteiger partial charge is 0.261 e. The standard InChI is InChI=1S/C21H26N2O4S/c1-3-16-15-19(11-12-20(16)27-2)28(25,26)22-18-9-7-17(8-10-18)21(24)23-13-5-4-6-14-23/h7-12,15,22H,3-6,13-14H2,1-2H3.